The highest BCUT2D eigenvalue weighted by Gasteiger charge is 2.05. The molecule has 0 spiro atoms. The van der Waals surface area contributed by atoms with Gasteiger partial charge >= 0.3 is 0 Å². The second kappa shape index (κ2) is 7.11. The van der Waals surface area contributed by atoms with E-state index in [0.29, 0.717) is 5.17 Å². The van der Waals surface area contributed by atoms with Crippen LogP contribution in [0.15, 0.2) is 47.1 Å². The van der Waals surface area contributed by atoms with Crippen molar-refractivity contribution in [2.24, 2.45) is 10.7 Å². The minimum atomic E-state index is 0.672. The van der Waals surface area contributed by atoms with Crippen LogP contribution in [0.25, 0.3) is 0 Å². The Labute approximate surface area is 112 Å². The van der Waals surface area contributed by atoms with Gasteiger partial charge in [0.25, 0.3) is 0 Å². The van der Waals surface area contributed by atoms with E-state index in [9.17, 15) is 0 Å². The molecule has 1 aromatic rings. The fourth-order valence-corrected chi connectivity index (χ4v) is 2.37. The van der Waals surface area contributed by atoms with Crippen molar-refractivity contribution in [2.75, 3.05) is 12.4 Å². The van der Waals surface area contributed by atoms with Crippen LogP contribution in [0.4, 0.5) is 0 Å². The molecule has 1 aliphatic heterocycles. The summed E-state index contributed by atoms with van der Waals surface area (Å²) in [6, 6.07) is 9.94. The molecule has 96 valence electrons. The Morgan fingerprint density at radius 2 is 2.06 bits per heavy atom. The number of rotatable bonds is 6. The van der Waals surface area contributed by atoms with Crippen LogP contribution in [0.1, 0.15) is 19.3 Å². The molecule has 2 rings (SSSR count). The second-order valence-corrected chi connectivity index (χ2v) is 5.16. The molecule has 0 unspecified atom stereocenters. The molecule has 0 atom stereocenters. The van der Waals surface area contributed by atoms with E-state index in [4.69, 9.17) is 10.5 Å². The van der Waals surface area contributed by atoms with Gasteiger partial charge in [0.15, 0.2) is 5.17 Å². The fourth-order valence-electron chi connectivity index (χ4n) is 1.69. The number of thioether (sulfide) groups is 1. The van der Waals surface area contributed by atoms with Crippen LogP contribution < -0.4 is 10.5 Å². The van der Waals surface area contributed by atoms with Gasteiger partial charge in [-0.1, -0.05) is 30.0 Å². The third kappa shape index (κ3) is 4.45. The maximum atomic E-state index is 5.64. The minimum Gasteiger partial charge on any atom is -0.494 e. The summed E-state index contributed by atoms with van der Waals surface area (Å²) < 4.78 is 5.64. The predicted molar refractivity (Wildman–Crippen MR) is 78.0 cm³/mol. The molecule has 1 aliphatic rings. The molecule has 0 bridgehead atoms. The van der Waals surface area contributed by atoms with Crippen LogP contribution in [0.3, 0.4) is 0 Å². The Bertz CT molecular complexity index is 429. The van der Waals surface area contributed by atoms with Crippen molar-refractivity contribution >= 4 is 16.9 Å². The van der Waals surface area contributed by atoms with E-state index in [1.165, 1.54) is 5.57 Å². The van der Waals surface area contributed by atoms with Gasteiger partial charge in [-0.15, -0.1) is 0 Å². The van der Waals surface area contributed by atoms with E-state index in [0.717, 1.165) is 37.4 Å². The monoisotopic (exact) mass is 262 g/mol. The molecule has 1 aromatic carbocycles. The summed E-state index contributed by atoms with van der Waals surface area (Å²) in [7, 11) is 0. The lowest BCUT2D eigenvalue weighted by molar-refractivity contribution is 0.307. The largest absolute Gasteiger partial charge is 0.494 e. The lowest BCUT2D eigenvalue weighted by Crippen LogP contribution is -2.10. The minimum absolute atomic E-state index is 0.672. The maximum Gasteiger partial charge on any atom is 0.158 e. The molecule has 0 aliphatic carbocycles. The zero-order valence-corrected chi connectivity index (χ0v) is 11.2. The number of hydrogen-bond donors (Lipinski definition) is 1. The van der Waals surface area contributed by atoms with Crippen molar-refractivity contribution in [3.8, 4) is 5.75 Å². The third-order valence-electron chi connectivity index (χ3n) is 2.68. The molecular weight excluding hydrogens is 244 g/mol. The zero-order chi connectivity index (χ0) is 12.6. The van der Waals surface area contributed by atoms with Crippen LogP contribution in [0.5, 0.6) is 5.75 Å². The summed E-state index contributed by atoms with van der Waals surface area (Å²) in [6.45, 7) is 0.774. The summed E-state index contributed by atoms with van der Waals surface area (Å²) in [5.74, 6) is 1.93. The van der Waals surface area contributed by atoms with E-state index >= 15 is 0 Å². The second-order valence-electron chi connectivity index (χ2n) is 4.16. The quantitative estimate of drug-likeness (QED) is 0.801. The fraction of sp³-hybridized carbons (Fsp3) is 0.357. The first-order valence-electron chi connectivity index (χ1n) is 6.16. The van der Waals surface area contributed by atoms with Crippen molar-refractivity contribution in [3.63, 3.8) is 0 Å². The molecule has 0 saturated carbocycles. The van der Waals surface area contributed by atoms with Crippen LogP contribution in [-0.4, -0.2) is 17.5 Å². The highest BCUT2D eigenvalue weighted by Crippen LogP contribution is 2.19. The molecule has 0 amide bonds. The molecule has 2 N–H and O–H groups in total. The lowest BCUT2D eigenvalue weighted by Gasteiger charge is -2.10. The van der Waals surface area contributed by atoms with E-state index < -0.39 is 0 Å². The number of ether oxygens (including phenoxy) is 1. The molecule has 1 heterocycles. The van der Waals surface area contributed by atoms with Gasteiger partial charge in [-0.3, -0.25) is 0 Å². The predicted octanol–water partition coefficient (Wildman–Crippen LogP) is 3.18. The van der Waals surface area contributed by atoms with Crippen molar-refractivity contribution in [1.82, 2.24) is 0 Å². The Morgan fingerprint density at radius 3 is 2.78 bits per heavy atom. The number of unbranched alkanes of at least 4 members (excludes halogenated alkanes) is 1. The smallest absolute Gasteiger partial charge is 0.158 e. The molecule has 18 heavy (non-hydrogen) atoms. The molecule has 0 saturated heterocycles. The van der Waals surface area contributed by atoms with Gasteiger partial charge in [0, 0.05) is 12.0 Å². The van der Waals surface area contributed by atoms with Crippen molar-refractivity contribution < 1.29 is 4.74 Å². The van der Waals surface area contributed by atoms with Gasteiger partial charge in [-0.05, 0) is 37.0 Å². The van der Waals surface area contributed by atoms with Crippen molar-refractivity contribution in [1.29, 1.82) is 0 Å². The third-order valence-corrected chi connectivity index (χ3v) is 3.60. The number of amidine groups is 1. The van der Waals surface area contributed by atoms with Crippen LogP contribution in [-0.2, 0) is 0 Å². The number of para-hydroxylation sites is 1. The first kappa shape index (κ1) is 13.0. The van der Waals surface area contributed by atoms with Crippen molar-refractivity contribution in [2.45, 2.75) is 19.3 Å². The van der Waals surface area contributed by atoms with Gasteiger partial charge in [-0.2, -0.15) is 0 Å². The van der Waals surface area contributed by atoms with Gasteiger partial charge in [0.05, 0.1) is 6.61 Å². The standard InChI is InChI=1S/C14H18N2OS/c15-14-16-10-12(11-18-14)6-4-5-9-17-13-7-2-1-3-8-13/h1-3,7-8,10H,4-6,9,11H2,(H2,15,16). The topological polar surface area (TPSA) is 47.6 Å². The number of benzene rings is 1. The molecule has 0 radical (unpaired) electrons. The van der Waals surface area contributed by atoms with Crippen LogP contribution in [0, 0.1) is 0 Å². The molecule has 0 aromatic heterocycles. The van der Waals surface area contributed by atoms with Gasteiger partial charge in [-0.25, -0.2) is 4.99 Å². The first-order chi connectivity index (χ1) is 8.84. The number of nitrogens with zero attached hydrogens (tertiary/aromatic N) is 1. The summed E-state index contributed by atoms with van der Waals surface area (Å²) >= 11 is 1.62. The summed E-state index contributed by atoms with van der Waals surface area (Å²) in [6.07, 6.45) is 5.19. The van der Waals surface area contributed by atoms with Crippen molar-refractivity contribution in [3.05, 3.63) is 42.1 Å². The van der Waals surface area contributed by atoms with Gasteiger partial charge < -0.3 is 10.5 Å². The average Bonchev–Trinajstić information content (AvgIpc) is 2.42. The Kier molecular flexibility index (Phi) is 5.15. The molecule has 0 fully saturated rings. The highest BCUT2D eigenvalue weighted by molar-refractivity contribution is 8.14. The Balaban J connectivity index is 1.59. The average molecular weight is 262 g/mol. The normalized spacial score (nSPS) is 14.9. The summed E-state index contributed by atoms with van der Waals surface area (Å²) in [4.78, 5) is 4.12. The SMILES string of the molecule is NC1=NC=C(CCCCOc2ccccc2)CS1. The molecular formula is C14H18N2OS. The highest BCUT2D eigenvalue weighted by atomic mass is 32.2. The van der Waals surface area contributed by atoms with Gasteiger partial charge in [0.1, 0.15) is 5.75 Å². The van der Waals surface area contributed by atoms with E-state index in [1.54, 1.807) is 11.8 Å². The number of hydrogen-bond acceptors (Lipinski definition) is 4. The summed E-state index contributed by atoms with van der Waals surface area (Å²) in [5.41, 5.74) is 6.96. The molecule has 4 heteroatoms. The Hall–Kier alpha value is -1.42. The van der Waals surface area contributed by atoms with Crippen LogP contribution >= 0.6 is 11.8 Å². The lowest BCUT2D eigenvalue weighted by atomic mass is 10.1. The number of nitrogens with two attached hydrogens (primary N) is 1. The molecule has 3 nitrogen and oxygen atoms in total. The van der Waals surface area contributed by atoms with Crippen LogP contribution in [0.2, 0.25) is 0 Å². The summed E-state index contributed by atoms with van der Waals surface area (Å²) in [5, 5.41) is 0.672. The van der Waals surface area contributed by atoms with E-state index in [1.807, 2.05) is 36.5 Å². The Morgan fingerprint density at radius 1 is 1.22 bits per heavy atom. The maximum absolute atomic E-state index is 5.64. The van der Waals surface area contributed by atoms with E-state index in [2.05, 4.69) is 4.99 Å². The number of aliphatic imine (C=N–C) groups is 1. The van der Waals surface area contributed by atoms with Gasteiger partial charge in [0.2, 0.25) is 0 Å². The first-order valence-corrected chi connectivity index (χ1v) is 7.15. The zero-order valence-electron chi connectivity index (χ0n) is 10.3. The van der Waals surface area contributed by atoms with E-state index in [-0.39, 0.29) is 0 Å².